The van der Waals surface area contributed by atoms with Crippen molar-refractivity contribution in [1.82, 2.24) is 4.98 Å². The summed E-state index contributed by atoms with van der Waals surface area (Å²) in [6, 6.07) is 3.96. The molecule has 0 aliphatic heterocycles. The van der Waals surface area contributed by atoms with Crippen molar-refractivity contribution in [2.45, 2.75) is 38.1 Å². The summed E-state index contributed by atoms with van der Waals surface area (Å²) in [5.41, 5.74) is 7.25. The molecular weight excluding hydrogens is 243 g/mol. The zero-order chi connectivity index (χ0) is 10.7. The van der Waals surface area contributed by atoms with Crippen LogP contribution in [0.3, 0.4) is 0 Å². The summed E-state index contributed by atoms with van der Waals surface area (Å²) in [7, 11) is 0. The van der Waals surface area contributed by atoms with Gasteiger partial charge in [-0.25, -0.2) is 4.98 Å². The Morgan fingerprint density at radius 1 is 1.31 bits per heavy atom. The first kappa shape index (κ1) is 13.8. The van der Waals surface area contributed by atoms with Gasteiger partial charge in [0.15, 0.2) is 0 Å². The van der Waals surface area contributed by atoms with E-state index in [4.69, 9.17) is 17.3 Å². The minimum absolute atomic E-state index is 0. The van der Waals surface area contributed by atoms with Crippen molar-refractivity contribution in [3.63, 3.8) is 0 Å². The van der Waals surface area contributed by atoms with E-state index in [-0.39, 0.29) is 18.4 Å². The maximum absolute atomic E-state index is 6.25. The topological polar surface area (TPSA) is 38.9 Å². The molecule has 16 heavy (non-hydrogen) atoms. The lowest BCUT2D eigenvalue weighted by atomic mass is 9.82. The van der Waals surface area contributed by atoms with Gasteiger partial charge in [0.2, 0.25) is 0 Å². The van der Waals surface area contributed by atoms with Crippen LogP contribution in [0.1, 0.15) is 43.7 Å². The summed E-state index contributed by atoms with van der Waals surface area (Å²) in [6.07, 6.45) is 8.12. The molecule has 0 radical (unpaired) electrons. The third-order valence-electron chi connectivity index (χ3n) is 3.30. The van der Waals surface area contributed by atoms with Crippen LogP contribution in [0.4, 0.5) is 0 Å². The molecule has 1 fully saturated rings. The van der Waals surface area contributed by atoms with Crippen molar-refractivity contribution in [2.24, 2.45) is 11.7 Å². The van der Waals surface area contributed by atoms with Crippen molar-refractivity contribution < 1.29 is 0 Å². The summed E-state index contributed by atoms with van der Waals surface area (Å²) in [5.74, 6) is 0.584. The molecule has 1 aromatic heterocycles. The smallest absolute Gasteiger partial charge is 0.133 e. The number of hydrogen-bond donors (Lipinski definition) is 1. The molecule has 1 aliphatic carbocycles. The Bertz CT molecular complexity index is 325. The van der Waals surface area contributed by atoms with Crippen molar-refractivity contribution in [1.29, 1.82) is 0 Å². The summed E-state index contributed by atoms with van der Waals surface area (Å²) in [5, 5.41) is 0.565. The average molecular weight is 261 g/mol. The van der Waals surface area contributed by atoms with Crippen LogP contribution in [-0.2, 0) is 0 Å². The molecule has 0 amide bonds. The van der Waals surface area contributed by atoms with Gasteiger partial charge >= 0.3 is 0 Å². The standard InChI is InChI=1S/C12H17ClN2.ClH/c13-12-10(7-4-8-15-12)11(14)9-5-2-1-3-6-9;/h4,7-9,11H,1-3,5-6,14H2;1H/t11-;/m1./s1. The Balaban J connectivity index is 0.00000128. The van der Waals surface area contributed by atoms with Gasteiger partial charge in [-0.2, -0.15) is 0 Å². The van der Waals surface area contributed by atoms with E-state index in [1.54, 1.807) is 6.20 Å². The minimum Gasteiger partial charge on any atom is -0.324 e. The molecule has 2 rings (SSSR count). The lowest BCUT2D eigenvalue weighted by Gasteiger charge is -2.27. The molecule has 0 aromatic carbocycles. The van der Waals surface area contributed by atoms with Gasteiger partial charge in [-0.15, -0.1) is 12.4 Å². The molecule has 0 saturated heterocycles. The van der Waals surface area contributed by atoms with E-state index in [0.717, 1.165) is 5.56 Å². The summed E-state index contributed by atoms with van der Waals surface area (Å²) in [4.78, 5) is 4.08. The first-order valence-electron chi connectivity index (χ1n) is 5.65. The van der Waals surface area contributed by atoms with Gasteiger partial charge in [-0.3, -0.25) is 0 Å². The summed E-state index contributed by atoms with van der Waals surface area (Å²) >= 11 is 6.05. The van der Waals surface area contributed by atoms with Gasteiger partial charge in [0.05, 0.1) is 0 Å². The zero-order valence-corrected chi connectivity index (χ0v) is 10.8. The maximum atomic E-state index is 6.25. The first-order chi connectivity index (χ1) is 7.29. The Morgan fingerprint density at radius 3 is 2.62 bits per heavy atom. The fourth-order valence-electron chi connectivity index (χ4n) is 2.39. The van der Waals surface area contributed by atoms with E-state index < -0.39 is 0 Å². The van der Waals surface area contributed by atoms with Crippen molar-refractivity contribution in [2.75, 3.05) is 0 Å². The van der Waals surface area contributed by atoms with Crippen LogP contribution in [0.5, 0.6) is 0 Å². The second kappa shape index (κ2) is 6.43. The van der Waals surface area contributed by atoms with Gasteiger partial charge in [0.1, 0.15) is 5.15 Å². The highest BCUT2D eigenvalue weighted by Gasteiger charge is 2.23. The molecule has 2 nitrogen and oxygen atoms in total. The van der Waals surface area contributed by atoms with Crippen LogP contribution in [0.25, 0.3) is 0 Å². The van der Waals surface area contributed by atoms with E-state index in [0.29, 0.717) is 11.1 Å². The van der Waals surface area contributed by atoms with Gasteiger partial charge in [0, 0.05) is 17.8 Å². The normalized spacial score (nSPS) is 18.9. The predicted molar refractivity (Wildman–Crippen MR) is 70.0 cm³/mol. The van der Waals surface area contributed by atoms with Gasteiger partial charge in [0.25, 0.3) is 0 Å². The first-order valence-corrected chi connectivity index (χ1v) is 6.03. The predicted octanol–water partition coefficient (Wildman–Crippen LogP) is 3.74. The number of hydrogen-bond acceptors (Lipinski definition) is 2. The number of nitrogens with zero attached hydrogens (tertiary/aromatic N) is 1. The lowest BCUT2D eigenvalue weighted by molar-refractivity contribution is 0.308. The van der Waals surface area contributed by atoms with Gasteiger partial charge in [-0.05, 0) is 24.8 Å². The van der Waals surface area contributed by atoms with E-state index in [1.807, 2.05) is 12.1 Å². The highest BCUT2D eigenvalue weighted by Crippen LogP contribution is 2.34. The fraction of sp³-hybridized carbons (Fsp3) is 0.583. The molecule has 0 bridgehead atoms. The molecule has 90 valence electrons. The van der Waals surface area contributed by atoms with Crippen LogP contribution in [0, 0.1) is 5.92 Å². The van der Waals surface area contributed by atoms with Crippen LogP contribution in [0.2, 0.25) is 5.15 Å². The van der Waals surface area contributed by atoms with Crippen LogP contribution in [0.15, 0.2) is 18.3 Å². The third-order valence-corrected chi connectivity index (χ3v) is 3.62. The maximum Gasteiger partial charge on any atom is 0.133 e. The third kappa shape index (κ3) is 3.09. The van der Waals surface area contributed by atoms with Crippen LogP contribution < -0.4 is 5.73 Å². The monoisotopic (exact) mass is 260 g/mol. The molecule has 4 heteroatoms. The Labute approximate surface area is 108 Å². The van der Waals surface area contributed by atoms with Crippen molar-refractivity contribution in [3.8, 4) is 0 Å². The molecule has 1 saturated carbocycles. The Kier molecular flexibility index (Phi) is 5.53. The number of aromatic nitrogens is 1. The molecule has 2 N–H and O–H groups in total. The number of halogens is 2. The molecular formula is C12H18Cl2N2. The summed E-state index contributed by atoms with van der Waals surface area (Å²) < 4.78 is 0. The largest absolute Gasteiger partial charge is 0.324 e. The second-order valence-electron chi connectivity index (χ2n) is 4.31. The number of nitrogens with two attached hydrogens (primary N) is 1. The molecule has 1 aromatic rings. The van der Waals surface area contributed by atoms with E-state index in [9.17, 15) is 0 Å². The highest BCUT2D eigenvalue weighted by atomic mass is 35.5. The zero-order valence-electron chi connectivity index (χ0n) is 9.23. The Morgan fingerprint density at radius 2 is 2.00 bits per heavy atom. The van der Waals surface area contributed by atoms with Crippen molar-refractivity contribution >= 4 is 24.0 Å². The SMILES string of the molecule is Cl.N[C@@H](c1cccnc1Cl)C1CCCCC1. The number of pyridine rings is 1. The van der Waals surface area contributed by atoms with E-state index in [2.05, 4.69) is 4.98 Å². The number of rotatable bonds is 2. The minimum atomic E-state index is 0. The Hall–Kier alpha value is -0.310. The average Bonchev–Trinajstić information content (AvgIpc) is 2.30. The van der Waals surface area contributed by atoms with Gasteiger partial charge in [-0.1, -0.05) is 36.9 Å². The fourth-order valence-corrected chi connectivity index (χ4v) is 2.64. The van der Waals surface area contributed by atoms with Gasteiger partial charge < -0.3 is 5.73 Å². The summed E-state index contributed by atoms with van der Waals surface area (Å²) in [6.45, 7) is 0. The molecule has 1 aliphatic rings. The van der Waals surface area contributed by atoms with E-state index >= 15 is 0 Å². The molecule has 0 unspecified atom stereocenters. The van der Waals surface area contributed by atoms with E-state index in [1.165, 1.54) is 32.1 Å². The quantitative estimate of drug-likeness (QED) is 0.824. The second-order valence-corrected chi connectivity index (χ2v) is 4.67. The van der Waals surface area contributed by atoms with Crippen LogP contribution in [-0.4, -0.2) is 4.98 Å². The molecule has 1 atom stereocenters. The highest BCUT2D eigenvalue weighted by molar-refractivity contribution is 6.30. The van der Waals surface area contributed by atoms with Crippen molar-refractivity contribution in [3.05, 3.63) is 29.0 Å². The lowest BCUT2D eigenvalue weighted by Crippen LogP contribution is -2.24. The molecule has 0 spiro atoms. The molecule has 1 heterocycles. The van der Waals surface area contributed by atoms with Crippen LogP contribution >= 0.6 is 24.0 Å².